The number of benzene rings is 2. The number of hydrogen-bond donors (Lipinski definition) is 3. The number of fused-ring (bicyclic) bond motifs is 3. The number of phenols is 2. The summed E-state index contributed by atoms with van der Waals surface area (Å²) in [7, 11) is 0. The Labute approximate surface area is 146 Å². The first-order valence-electron chi connectivity index (χ1n) is 8.55. The minimum atomic E-state index is -0.627. The smallest absolute Gasteiger partial charge is 0.157 e. The molecule has 3 N–H and O–H groups in total. The van der Waals surface area contributed by atoms with E-state index in [4.69, 9.17) is 9.47 Å². The predicted octanol–water partition coefficient (Wildman–Crippen LogP) is 3.24. The van der Waals surface area contributed by atoms with Gasteiger partial charge in [-0.2, -0.15) is 0 Å². The van der Waals surface area contributed by atoms with Gasteiger partial charge in [-0.15, -0.1) is 0 Å². The van der Waals surface area contributed by atoms with Crippen molar-refractivity contribution in [2.45, 2.75) is 50.9 Å². The van der Waals surface area contributed by atoms with Crippen LogP contribution in [-0.2, 0) is 12.8 Å². The third-order valence-corrected chi connectivity index (χ3v) is 5.18. The van der Waals surface area contributed by atoms with E-state index in [9.17, 15) is 15.3 Å². The van der Waals surface area contributed by atoms with Crippen LogP contribution in [0.3, 0.4) is 0 Å². The summed E-state index contributed by atoms with van der Waals surface area (Å²) in [5, 5.41) is 29.6. The molecule has 0 radical (unpaired) electrons. The SMILES string of the molecule is CC1(C)Oc2ccc3c(c2CC1O)O[C@H](c1ccc(O)c(O)c1)CC3. The van der Waals surface area contributed by atoms with Gasteiger partial charge in [-0.05, 0) is 56.0 Å². The van der Waals surface area contributed by atoms with Gasteiger partial charge in [-0.25, -0.2) is 0 Å². The fraction of sp³-hybridized carbons (Fsp3) is 0.400. The van der Waals surface area contributed by atoms with Gasteiger partial charge >= 0.3 is 0 Å². The topological polar surface area (TPSA) is 79.2 Å². The molecule has 132 valence electrons. The van der Waals surface area contributed by atoms with Gasteiger partial charge in [0.05, 0.1) is 6.10 Å². The normalized spacial score (nSPS) is 23.8. The van der Waals surface area contributed by atoms with Crippen molar-refractivity contribution < 1.29 is 24.8 Å². The quantitative estimate of drug-likeness (QED) is 0.694. The molecule has 25 heavy (non-hydrogen) atoms. The fourth-order valence-corrected chi connectivity index (χ4v) is 3.54. The van der Waals surface area contributed by atoms with Gasteiger partial charge < -0.3 is 24.8 Å². The molecule has 0 saturated heterocycles. The number of phenolic OH excluding ortho intramolecular Hbond substituents is 2. The molecular formula is C20H22O5. The summed E-state index contributed by atoms with van der Waals surface area (Å²) in [6.07, 6.45) is 1.30. The highest BCUT2D eigenvalue weighted by Gasteiger charge is 2.38. The van der Waals surface area contributed by atoms with Crippen LogP contribution in [0.5, 0.6) is 23.0 Å². The number of aryl methyl sites for hydroxylation is 1. The van der Waals surface area contributed by atoms with E-state index in [1.54, 1.807) is 6.07 Å². The van der Waals surface area contributed by atoms with Gasteiger partial charge in [0.25, 0.3) is 0 Å². The first kappa shape index (κ1) is 16.1. The average molecular weight is 342 g/mol. The molecule has 4 rings (SSSR count). The summed E-state index contributed by atoms with van der Waals surface area (Å²) in [6, 6.07) is 8.74. The number of aromatic hydroxyl groups is 2. The molecule has 2 aliphatic heterocycles. The van der Waals surface area contributed by atoms with Gasteiger partial charge in [-0.3, -0.25) is 0 Å². The molecule has 5 nitrogen and oxygen atoms in total. The lowest BCUT2D eigenvalue weighted by Crippen LogP contribution is -2.46. The van der Waals surface area contributed by atoms with Crippen molar-refractivity contribution in [3.63, 3.8) is 0 Å². The van der Waals surface area contributed by atoms with E-state index in [1.807, 2.05) is 26.0 Å². The van der Waals surface area contributed by atoms with Crippen molar-refractivity contribution in [2.24, 2.45) is 0 Å². The largest absolute Gasteiger partial charge is 0.504 e. The fourth-order valence-electron chi connectivity index (χ4n) is 3.54. The van der Waals surface area contributed by atoms with Crippen LogP contribution in [0.25, 0.3) is 0 Å². The maximum atomic E-state index is 10.4. The summed E-state index contributed by atoms with van der Waals surface area (Å²) in [4.78, 5) is 0. The zero-order valence-corrected chi connectivity index (χ0v) is 14.3. The van der Waals surface area contributed by atoms with E-state index in [2.05, 4.69) is 0 Å². The minimum Gasteiger partial charge on any atom is -0.504 e. The second kappa shape index (κ2) is 5.56. The van der Waals surface area contributed by atoms with Crippen molar-refractivity contribution in [3.05, 3.63) is 47.0 Å². The molecule has 0 saturated carbocycles. The van der Waals surface area contributed by atoms with Gasteiger partial charge in [0.1, 0.15) is 23.2 Å². The highest BCUT2D eigenvalue weighted by molar-refractivity contribution is 5.53. The molecule has 0 fully saturated rings. The molecule has 2 aromatic rings. The summed E-state index contributed by atoms with van der Waals surface area (Å²) < 4.78 is 12.2. The number of aliphatic hydroxyl groups is 1. The second-order valence-corrected chi connectivity index (χ2v) is 7.35. The Bertz CT molecular complexity index is 827. The second-order valence-electron chi connectivity index (χ2n) is 7.35. The van der Waals surface area contributed by atoms with E-state index in [0.717, 1.165) is 41.0 Å². The van der Waals surface area contributed by atoms with Crippen molar-refractivity contribution in [1.82, 2.24) is 0 Å². The van der Waals surface area contributed by atoms with Crippen LogP contribution in [0.15, 0.2) is 30.3 Å². The molecule has 5 heteroatoms. The highest BCUT2D eigenvalue weighted by Crippen LogP contribution is 2.45. The summed E-state index contributed by atoms with van der Waals surface area (Å²) in [5.41, 5.74) is 2.19. The Balaban J connectivity index is 1.70. The van der Waals surface area contributed by atoms with Crippen LogP contribution >= 0.6 is 0 Å². The van der Waals surface area contributed by atoms with Crippen LogP contribution in [0.2, 0.25) is 0 Å². The van der Waals surface area contributed by atoms with Crippen LogP contribution in [0, 0.1) is 0 Å². The third kappa shape index (κ3) is 2.68. The first-order valence-corrected chi connectivity index (χ1v) is 8.55. The Hall–Kier alpha value is -2.40. The van der Waals surface area contributed by atoms with Crippen molar-refractivity contribution in [1.29, 1.82) is 0 Å². The number of aliphatic hydroxyl groups excluding tert-OH is 1. The molecule has 1 unspecified atom stereocenters. The van der Waals surface area contributed by atoms with E-state index in [1.165, 1.54) is 12.1 Å². The zero-order chi connectivity index (χ0) is 17.8. The molecule has 0 amide bonds. The van der Waals surface area contributed by atoms with Crippen molar-refractivity contribution in [3.8, 4) is 23.0 Å². The summed E-state index contributed by atoms with van der Waals surface area (Å²) in [5.74, 6) is 1.23. The monoisotopic (exact) mass is 342 g/mol. The summed E-state index contributed by atoms with van der Waals surface area (Å²) in [6.45, 7) is 3.76. The van der Waals surface area contributed by atoms with E-state index < -0.39 is 11.7 Å². The zero-order valence-electron chi connectivity index (χ0n) is 14.3. The van der Waals surface area contributed by atoms with Crippen LogP contribution < -0.4 is 9.47 Å². The lowest BCUT2D eigenvalue weighted by Gasteiger charge is -2.39. The van der Waals surface area contributed by atoms with Gasteiger partial charge in [-0.1, -0.05) is 12.1 Å². The number of rotatable bonds is 1. The van der Waals surface area contributed by atoms with Gasteiger partial charge in [0.15, 0.2) is 11.5 Å². The average Bonchev–Trinajstić information content (AvgIpc) is 2.58. The standard InChI is InChI=1S/C20H22O5/c1-20(2)18(23)10-13-17(25-20)8-5-11-4-7-16(24-19(11)13)12-3-6-14(21)15(22)9-12/h3,5-6,8-9,16,18,21-23H,4,7,10H2,1-2H3/t16-,18?/m0/s1. The van der Waals surface area contributed by atoms with Crippen molar-refractivity contribution in [2.75, 3.05) is 0 Å². The molecule has 2 aliphatic rings. The van der Waals surface area contributed by atoms with E-state index in [0.29, 0.717) is 6.42 Å². The maximum Gasteiger partial charge on any atom is 0.157 e. The number of ether oxygens (including phenoxy) is 2. The van der Waals surface area contributed by atoms with Crippen LogP contribution in [0.1, 0.15) is 43.1 Å². The highest BCUT2D eigenvalue weighted by atomic mass is 16.5. The predicted molar refractivity (Wildman–Crippen MR) is 92.3 cm³/mol. The third-order valence-electron chi connectivity index (χ3n) is 5.18. The van der Waals surface area contributed by atoms with Crippen LogP contribution in [0.4, 0.5) is 0 Å². The lowest BCUT2D eigenvalue weighted by molar-refractivity contribution is -0.0423. The molecule has 2 atom stereocenters. The van der Waals surface area contributed by atoms with Crippen molar-refractivity contribution >= 4 is 0 Å². The summed E-state index contributed by atoms with van der Waals surface area (Å²) >= 11 is 0. The number of hydrogen-bond acceptors (Lipinski definition) is 5. The molecule has 0 aliphatic carbocycles. The Morgan fingerprint density at radius 3 is 2.64 bits per heavy atom. The molecule has 0 spiro atoms. The molecule has 2 aromatic carbocycles. The van der Waals surface area contributed by atoms with Gasteiger partial charge in [0.2, 0.25) is 0 Å². The van der Waals surface area contributed by atoms with E-state index >= 15 is 0 Å². The molecular weight excluding hydrogens is 320 g/mol. The molecule has 0 bridgehead atoms. The van der Waals surface area contributed by atoms with Gasteiger partial charge in [0, 0.05) is 12.0 Å². The Morgan fingerprint density at radius 2 is 1.88 bits per heavy atom. The molecule has 2 heterocycles. The Morgan fingerprint density at radius 1 is 1.08 bits per heavy atom. The first-order chi connectivity index (χ1) is 11.8. The Kier molecular flexibility index (Phi) is 3.58. The van der Waals surface area contributed by atoms with E-state index in [-0.39, 0.29) is 17.6 Å². The molecule has 0 aromatic heterocycles. The van der Waals surface area contributed by atoms with Crippen LogP contribution in [-0.4, -0.2) is 27.0 Å². The minimum absolute atomic E-state index is 0.143. The lowest BCUT2D eigenvalue weighted by atomic mass is 9.87. The maximum absolute atomic E-state index is 10.4.